The van der Waals surface area contributed by atoms with Crippen molar-refractivity contribution < 1.29 is 27.1 Å². The van der Waals surface area contributed by atoms with Crippen LogP contribution < -0.4 is 5.32 Å². The van der Waals surface area contributed by atoms with E-state index in [2.05, 4.69) is 15.3 Å². The SMILES string of the molecule is O=C(O)NCCc1cn(S(=O)(=O)c2ccccn2)c(-c2cccnc2F)c1F. The maximum Gasteiger partial charge on any atom is 0.404 e. The molecule has 146 valence electrons. The van der Waals surface area contributed by atoms with E-state index < -0.39 is 33.6 Å². The van der Waals surface area contributed by atoms with Crippen LogP contribution in [0.1, 0.15) is 5.56 Å². The van der Waals surface area contributed by atoms with E-state index in [9.17, 15) is 17.6 Å². The maximum atomic E-state index is 15.1. The Kier molecular flexibility index (Phi) is 5.36. The number of carbonyl (C=O) groups is 1. The first-order valence-electron chi connectivity index (χ1n) is 7.96. The molecule has 1 amide bonds. The fraction of sp³-hybridized carbons (Fsp3) is 0.118. The van der Waals surface area contributed by atoms with Gasteiger partial charge in [-0.2, -0.15) is 12.8 Å². The second-order valence-corrected chi connectivity index (χ2v) is 7.37. The second-order valence-electron chi connectivity index (χ2n) is 5.61. The third kappa shape index (κ3) is 3.69. The predicted octanol–water partition coefficient (Wildman–Crippen LogP) is 2.27. The van der Waals surface area contributed by atoms with Gasteiger partial charge in [-0.1, -0.05) is 6.07 Å². The highest BCUT2D eigenvalue weighted by atomic mass is 32.2. The van der Waals surface area contributed by atoms with Gasteiger partial charge in [0.1, 0.15) is 5.69 Å². The minimum absolute atomic E-state index is 0.105. The van der Waals surface area contributed by atoms with Gasteiger partial charge in [-0.25, -0.2) is 23.1 Å². The maximum absolute atomic E-state index is 15.1. The molecule has 0 unspecified atom stereocenters. The van der Waals surface area contributed by atoms with E-state index in [1.54, 1.807) is 0 Å². The van der Waals surface area contributed by atoms with Crippen LogP contribution in [0.4, 0.5) is 13.6 Å². The molecular formula is C17H14F2N4O4S. The van der Waals surface area contributed by atoms with Crippen LogP contribution >= 0.6 is 0 Å². The molecule has 3 heterocycles. The first kappa shape index (κ1) is 19.4. The molecule has 0 saturated carbocycles. The molecule has 0 aliphatic carbocycles. The van der Waals surface area contributed by atoms with Gasteiger partial charge in [-0.05, 0) is 30.7 Å². The molecule has 8 nitrogen and oxygen atoms in total. The standard InChI is InChI=1S/C17H14F2N4O4S/c18-14-11(6-9-22-17(24)25)10-23(15(14)12-4-3-8-21-16(12)19)28(26,27)13-5-1-2-7-20-13/h1-5,7-8,10,22H,6,9H2,(H,24,25). The van der Waals surface area contributed by atoms with E-state index in [-0.39, 0.29) is 29.1 Å². The lowest BCUT2D eigenvalue weighted by atomic mass is 10.1. The van der Waals surface area contributed by atoms with Gasteiger partial charge in [0, 0.05) is 30.7 Å². The molecule has 3 aromatic rings. The van der Waals surface area contributed by atoms with Crippen LogP contribution in [-0.4, -0.2) is 40.1 Å². The Hall–Kier alpha value is -3.34. The van der Waals surface area contributed by atoms with Crippen LogP contribution in [0, 0.1) is 11.8 Å². The fourth-order valence-electron chi connectivity index (χ4n) is 2.58. The smallest absolute Gasteiger partial charge is 0.404 e. The van der Waals surface area contributed by atoms with E-state index in [1.807, 2.05) is 0 Å². The molecule has 0 atom stereocenters. The van der Waals surface area contributed by atoms with Gasteiger partial charge < -0.3 is 10.4 Å². The van der Waals surface area contributed by atoms with E-state index in [0.717, 1.165) is 12.4 Å². The largest absolute Gasteiger partial charge is 0.465 e. The number of hydrogen-bond acceptors (Lipinski definition) is 5. The molecule has 3 rings (SSSR count). The highest BCUT2D eigenvalue weighted by Crippen LogP contribution is 2.31. The predicted molar refractivity (Wildman–Crippen MR) is 94.1 cm³/mol. The summed E-state index contributed by atoms with van der Waals surface area (Å²) in [5, 5.41) is 10.3. The Bertz CT molecular complexity index is 1120. The summed E-state index contributed by atoms with van der Waals surface area (Å²) in [5.41, 5.74) is -0.995. The van der Waals surface area contributed by atoms with Crippen LogP contribution in [-0.2, 0) is 16.4 Å². The fourth-order valence-corrected chi connectivity index (χ4v) is 3.91. The van der Waals surface area contributed by atoms with Crippen LogP contribution in [0.5, 0.6) is 0 Å². The summed E-state index contributed by atoms with van der Waals surface area (Å²) in [7, 11) is -4.34. The number of rotatable bonds is 6. The molecule has 0 bridgehead atoms. The Morgan fingerprint density at radius 3 is 2.54 bits per heavy atom. The van der Waals surface area contributed by atoms with Crippen molar-refractivity contribution in [2.75, 3.05) is 6.54 Å². The summed E-state index contributed by atoms with van der Waals surface area (Å²) in [4.78, 5) is 17.8. The van der Waals surface area contributed by atoms with Crippen molar-refractivity contribution in [3.05, 3.63) is 66.3 Å². The Labute approximate surface area is 158 Å². The number of nitrogens with one attached hydrogen (secondary N) is 1. The van der Waals surface area contributed by atoms with Crippen LogP contribution in [0.2, 0.25) is 0 Å². The average Bonchev–Trinajstić information content (AvgIpc) is 3.00. The molecule has 28 heavy (non-hydrogen) atoms. The lowest BCUT2D eigenvalue weighted by Crippen LogP contribution is -2.23. The third-order valence-corrected chi connectivity index (χ3v) is 5.41. The molecule has 0 spiro atoms. The number of amides is 1. The van der Waals surface area contributed by atoms with Gasteiger partial charge in [-0.3, -0.25) is 0 Å². The molecule has 0 fully saturated rings. The zero-order valence-electron chi connectivity index (χ0n) is 14.2. The zero-order valence-corrected chi connectivity index (χ0v) is 15.0. The van der Waals surface area contributed by atoms with Gasteiger partial charge in [0.15, 0.2) is 10.8 Å². The summed E-state index contributed by atoms with van der Waals surface area (Å²) in [5.74, 6) is -2.04. The van der Waals surface area contributed by atoms with Crippen molar-refractivity contribution in [3.63, 3.8) is 0 Å². The summed E-state index contributed by atoms with van der Waals surface area (Å²) >= 11 is 0. The normalized spacial score (nSPS) is 11.4. The summed E-state index contributed by atoms with van der Waals surface area (Å²) < 4.78 is 55.8. The Balaban J connectivity index is 2.18. The van der Waals surface area contributed by atoms with Gasteiger partial charge >= 0.3 is 6.09 Å². The first-order valence-corrected chi connectivity index (χ1v) is 9.40. The number of halogens is 2. The van der Waals surface area contributed by atoms with Crippen molar-refractivity contribution >= 4 is 16.1 Å². The molecule has 0 aliphatic rings. The number of carboxylic acid groups (broad SMARTS) is 1. The Morgan fingerprint density at radius 1 is 1.14 bits per heavy atom. The van der Waals surface area contributed by atoms with E-state index in [1.165, 1.54) is 36.5 Å². The van der Waals surface area contributed by atoms with Crippen molar-refractivity contribution in [2.45, 2.75) is 11.4 Å². The number of pyridine rings is 2. The summed E-state index contributed by atoms with van der Waals surface area (Å²) in [6.07, 6.45) is 1.95. The molecule has 0 saturated heterocycles. The van der Waals surface area contributed by atoms with Gasteiger partial charge in [0.2, 0.25) is 5.95 Å². The third-order valence-electron chi connectivity index (χ3n) is 3.83. The minimum Gasteiger partial charge on any atom is -0.465 e. The van der Waals surface area contributed by atoms with Crippen molar-refractivity contribution in [1.82, 2.24) is 19.3 Å². The first-order chi connectivity index (χ1) is 13.3. The molecule has 3 aromatic heterocycles. The minimum atomic E-state index is -4.34. The molecule has 0 aliphatic heterocycles. The van der Waals surface area contributed by atoms with Crippen molar-refractivity contribution in [1.29, 1.82) is 0 Å². The molecular weight excluding hydrogens is 394 g/mol. The molecule has 0 radical (unpaired) electrons. The Morgan fingerprint density at radius 2 is 1.89 bits per heavy atom. The molecule has 0 aromatic carbocycles. The topological polar surface area (TPSA) is 114 Å². The quantitative estimate of drug-likeness (QED) is 0.605. The lowest BCUT2D eigenvalue weighted by Gasteiger charge is -2.10. The number of aromatic nitrogens is 3. The van der Waals surface area contributed by atoms with Gasteiger partial charge in [0.25, 0.3) is 10.0 Å². The van der Waals surface area contributed by atoms with Gasteiger partial charge in [0.05, 0.1) is 5.56 Å². The highest BCUT2D eigenvalue weighted by Gasteiger charge is 2.29. The number of nitrogens with zero attached hydrogens (tertiary/aromatic N) is 3. The summed E-state index contributed by atoms with van der Waals surface area (Å²) in [6, 6.07) is 6.72. The van der Waals surface area contributed by atoms with E-state index >= 15 is 4.39 Å². The second kappa shape index (κ2) is 7.72. The van der Waals surface area contributed by atoms with Crippen LogP contribution in [0.25, 0.3) is 11.3 Å². The lowest BCUT2D eigenvalue weighted by molar-refractivity contribution is 0.194. The van der Waals surface area contributed by atoms with Gasteiger partial charge in [-0.15, -0.1) is 0 Å². The zero-order chi connectivity index (χ0) is 20.3. The van der Waals surface area contributed by atoms with Crippen LogP contribution in [0.3, 0.4) is 0 Å². The van der Waals surface area contributed by atoms with Crippen molar-refractivity contribution in [2.24, 2.45) is 0 Å². The highest BCUT2D eigenvalue weighted by molar-refractivity contribution is 7.90. The number of hydrogen-bond donors (Lipinski definition) is 2. The van der Waals surface area contributed by atoms with Crippen LogP contribution in [0.15, 0.2) is 53.9 Å². The van der Waals surface area contributed by atoms with Crippen molar-refractivity contribution in [3.8, 4) is 11.3 Å². The molecule has 2 N–H and O–H groups in total. The van der Waals surface area contributed by atoms with E-state index in [0.29, 0.717) is 3.97 Å². The monoisotopic (exact) mass is 408 g/mol. The molecule has 11 heteroatoms. The van der Waals surface area contributed by atoms with E-state index in [4.69, 9.17) is 5.11 Å². The summed E-state index contributed by atoms with van der Waals surface area (Å²) in [6.45, 7) is -0.158. The average molecular weight is 408 g/mol.